The van der Waals surface area contributed by atoms with Gasteiger partial charge >= 0.3 is 0 Å². The fourth-order valence-electron chi connectivity index (χ4n) is 4.43. The number of carbonyl (C=O) groups is 1. The Kier molecular flexibility index (Phi) is 5.45. The molecule has 0 amide bonds. The number of nitrogens with one attached hydrogen (secondary N) is 1. The molecule has 0 aliphatic carbocycles. The van der Waals surface area contributed by atoms with Crippen LogP contribution in [0, 0.1) is 13.8 Å². The third kappa shape index (κ3) is 3.91. The highest BCUT2D eigenvalue weighted by Gasteiger charge is 2.34. The van der Waals surface area contributed by atoms with E-state index >= 15 is 0 Å². The number of aromatic nitrogens is 3. The lowest BCUT2D eigenvalue weighted by atomic mass is 10.0. The lowest BCUT2D eigenvalue weighted by molar-refractivity contribution is 0.0942. The van der Waals surface area contributed by atoms with E-state index in [1.807, 2.05) is 43.3 Å². The molecule has 5 aromatic rings. The average Bonchev–Trinajstić information content (AvgIpc) is 3.66. The van der Waals surface area contributed by atoms with Gasteiger partial charge in [-0.2, -0.15) is 9.78 Å². The van der Waals surface area contributed by atoms with Crippen LogP contribution >= 0.6 is 11.3 Å². The van der Waals surface area contributed by atoms with Crippen LogP contribution in [0.5, 0.6) is 0 Å². The van der Waals surface area contributed by atoms with Gasteiger partial charge in [-0.3, -0.25) is 19.5 Å². The van der Waals surface area contributed by atoms with E-state index in [4.69, 9.17) is 9.52 Å². The fraction of sp³-hybridized carbons (Fsp3) is 0.148. The van der Waals surface area contributed by atoms with Crippen molar-refractivity contribution in [2.45, 2.75) is 26.3 Å². The molecular formula is C27H21N5O4S. The second kappa shape index (κ2) is 8.82. The summed E-state index contributed by atoms with van der Waals surface area (Å²) in [5.41, 5.74) is 2.34. The van der Waals surface area contributed by atoms with Crippen molar-refractivity contribution in [2.75, 3.05) is 5.01 Å². The summed E-state index contributed by atoms with van der Waals surface area (Å²) in [6.45, 7) is 3.73. The van der Waals surface area contributed by atoms with Crippen molar-refractivity contribution >= 4 is 38.9 Å². The second-order valence-electron chi connectivity index (χ2n) is 8.84. The Morgan fingerprint density at radius 3 is 2.51 bits per heavy atom. The SMILES string of the molecule is Cc1ccc(C2=NN(c3nc(C)c(C(=O)n4[nH]c(=O)c5ccccc5c4=O)s3)C(c3ccco3)C2)cc1. The van der Waals surface area contributed by atoms with Crippen molar-refractivity contribution in [3.63, 3.8) is 0 Å². The molecular weight excluding hydrogens is 490 g/mol. The lowest BCUT2D eigenvalue weighted by Gasteiger charge is -2.18. The van der Waals surface area contributed by atoms with Gasteiger partial charge in [-0.1, -0.05) is 53.3 Å². The van der Waals surface area contributed by atoms with Crippen molar-refractivity contribution in [2.24, 2.45) is 5.10 Å². The first-order valence-corrected chi connectivity index (χ1v) is 12.5. The number of carbonyl (C=O) groups excluding carboxylic acids is 1. The number of rotatable bonds is 4. The Morgan fingerprint density at radius 1 is 1.03 bits per heavy atom. The molecule has 1 atom stereocenters. The van der Waals surface area contributed by atoms with E-state index in [1.165, 1.54) is 6.07 Å². The van der Waals surface area contributed by atoms with Gasteiger partial charge in [0.2, 0.25) is 5.13 Å². The van der Waals surface area contributed by atoms with Crippen LogP contribution in [-0.4, -0.2) is 26.4 Å². The first-order chi connectivity index (χ1) is 17.9. The summed E-state index contributed by atoms with van der Waals surface area (Å²) in [4.78, 5) is 43.8. The Bertz CT molecular complexity index is 1800. The molecule has 0 radical (unpaired) electrons. The van der Waals surface area contributed by atoms with Gasteiger partial charge in [0, 0.05) is 6.42 Å². The van der Waals surface area contributed by atoms with E-state index in [0.29, 0.717) is 17.2 Å². The van der Waals surface area contributed by atoms with Crippen molar-refractivity contribution < 1.29 is 9.21 Å². The zero-order valence-electron chi connectivity index (χ0n) is 20.0. The standard InChI is InChI=1S/C27H21N5O4S/c1-15-9-11-17(12-10-15)20-14-21(22-8-5-13-36-22)31(29-20)27-28-16(2)23(37-27)26(35)32-25(34)19-7-4-3-6-18(19)24(33)30-32/h3-13,21H,14H2,1-2H3,(H,30,33). The number of anilines is 1. The van der Waals surface area contributed by atoms with E-state index in [-0.39, 0.29) is 21.7 Å². The van der Waals surface area contributed by atoms with Crippen LogP contribution in [-0.2, 0) is 0 Å². The Morgan fingerprint density at radius 2 is 1.78 bits per heavy atom. The van der Waals surface area contributed by atoms with E-state index in [0.717, 1.165) is 38.6 Å². The summed E-state index contributed by atoms with van der Waals surface area (Å²) in [7, 11) is 0. The monoisotopic (exact) mass is 511 g/mol. The quantitative estimate of drug-likeness (QED) is 0.383. The van der Waals surface area contributed by atoms with Gasteiger partial charge in [0.15, 0.2) is 0 Å². The van der Waals surface area contributed by atoms with Crippen LogP contribution in [0.1, 0.15) is 44.7 Å². The average molecular weight is 512 g/mol. The number of thiazole rings is 1. The molecule has 1 N–H and O–H groups in total. The number of hydrogen-bond acceptors (Lipinski definition) is 8. The summed E-state index contributed by atoms with van der Waals surface area (Å²) in [5.74, 6) is 0.0762. The summed E-state index contributed by atoms with van der Waals surface area (Å²) in [5, 5.41) is 9.91. The predicted molar refractivity (Wildman–Crippen MR) is 142 cm³/mol. The summed E-state index contributed by atoms with van der Waals surface area (Å²) >= 11 is 1.12. The molecule has 0 spiro atoms. The predicted octanol–water partition coefficient (Wildman–Crippen LogP) is 4.40. The van der Waals surface area contributed by atoms with Gasteiger partial charge in [-0.15, -0.1) is 0 Å². The van der Waals surface area contributed by atoms with Crippen LogP contribution in [0.15, 0.2) is 86.0 Å². The van der Waals surface area contributed by atoms with E-state index in [2.05, 4.69) is 10.1 Å². The minimum atomic E-state index is -0.648. The molecule has 1 aliphatic rings. The van der Waals surface area contributed by atoms with E-state index < -0.39 is 17.0 Å². The molecule has 1 unspecified atom stereocenters. The zero-order valence-corrected chi connectivity index (χ0v) is 20.8. The van der Waals surface area contributed by atoms with Gasteiger partial charge in [-0.25, -0.2) is 9.99 Å². The van der Waals surface area contributed by atoms with Gasteiger partial charge < -0.3 is 4.42 Å². The minimum absolute atomic E-state index is 0.173. The Hall–Kier alpha value is -4.57. The van der Waals surface area contributed by atoms with Crippen molar-refractivity contribution in [1.29, 1.82) is 0 Å². The van der Waals surface area contributed by atoms with Gasteiger partial charge in [0.05, 0.1) is 28.4 Å². The number of hydrazone groups is 1. The maximum absolute atomic E-state index is 13.4. The topological polar surface area (TPSA) is 114 Å². The molecule has 2 aromatic carbocycles. The van der Waals surface area contributed by atoms with E-state index in [9.17, 15) is 14.4 Å². The molecule has 10 heteroatoms. The van der Waals surface area contributed by atoms with Crippen molar-refractivity contribution in [3.05, 3.63) is 115 Å². The van der Waals surface area contributed by atoms with Crippen molar-refractivity contribution in [1.82, 2.24) is 14.8 Å². The summed E-state index contributed by atoms with van der Waals surface area (Å²) in [6.07, 6.45) is 2.21. The van der Waals surface area contributed by atoms with E-state index in [1.54, 1.807) is 36.4 Å². The second-order valence-corrected chi connectivity index (χ2v) is 9.81. The number of aromatic amines is 1. The highest BCUT2D eigenvalue weighted by Crippen LogP contribution is 2.39. The lowest BCUT2D eigenvalue weighted by Crippen LogP contribution is -2.34. The molecule has 4 heterocycles. The van der Waals surface area contributed by atoms with Crippen LogP contribution < -0.4 is 16.1 Å². The van der Waals surface area contributed by atoms with Gasteiger partial charge in [0.25, 0.3) is 17.0 Å². The van der Waals surface area contributed by atoms with Crippen LogP contribution in [0.2, 0.25) is 0 Å². The van der Waals surface area contributed by atoms with Crippen LogP contribution in [0.3, 0.4) is 0 Å². The third-order valence-corrected chi connectivity index (χ3v) is 7.50. The molecule has 3 aromatic heterocycles. The molecule has 37 heavy (non-hydrogen) atoms. The number of fused-ring (bicyclic) bond motifs is 1. The largest absolute Gasteiger partial charge is 0.467 e. The normalized spacial score (nSPS) is 15.4. The first-order valence-electron chi connectivity index (χ1n) is 11.6. The van der Waals surface area contributed by atoms with Gasteiger partial charge in [0.1, 0.15) is 16.7 Å². The molecule has 0 saturated carbocycles. The first kappa shape index (κ1) is 22.9. The maximum atomic E-state index is 13.4. The number of hydrogen-bond donors (Lipinski definition) is 1. The minimum Gasteiger partial charge on any atom is -0.467 e. The molecule has 9 nitrogen and oxygen atoms in total. The number of H-pyrrole nitrogens is 1. The number of aryl methyl sites for hydroxylation is 2. The molecule has 184 valence electrons. The highest BCUT2D eigenvalue weighted by molar-refractivity contribution is 7.17. The maximum Gasteiger partial charge on any atom is 0.291 e. The van der Waals surface area contributed by atoms with Crippen LogP contribution in [0.25, 0.3) is 10.8 Å². The summed E-state index contributed by atoms with van der Waals surface area (Å²) < 4.78 is 6.46. The Labute approximate surface area is 214 Å². The third-order valence-electron chi connectivity index (χ3n) is 6.36. The molecule has 0 fully saturated rings. The van der Waals surface area contributed by atoms with Crippen molar-refractivity contribution in [3.8, 4) is 0 Å². The zero-order chi connectivity index (χ0) is 25.7. The summed E-state index contributed by atoms with van der Waals surface area (Å²) in [6, 6.07) is 18.0. The fourth-order valence-corrected chi connectivity index (χ4v) is 5.43. The number of furan rings is 1. The molecule has 0 saturated heterocycles. The highest BCUT2D eigenvalue weighted by atomic mass is 32.1. The Balaban J connectivity index is 1.42. The number of benzene rings is 2. The number of nitrogens with zero attached hydrogens (tertiary/aromatic N) is 4. The van der Waals surface area contributed by atoms with Gasteiger partial charge in [-0.05, 0) is 43.7 Å². The molecule has 0 bridgehead atoms. The van der Waals surface area contributed by atoms with Crippen LogP contribution in [0.4, 0.5) is 5.13 Å². The smallest absolute Gasteiger partial charge is 0.291 e. The molecule has 1 aliphatic heterocycles. The molecule has 6 rings (SSSR count).